The largest absolute Gasteiger partial charge is 0.456 e. The summed E-state index contributed by atoms with van der Waals surface area (Å²) in [6.07, 6.45) is 5.10. The third-order valence-electron chi connectivity index (χ3n) is 5.11. The molecule has 1 N–H and O–H groups in total. The average molecular weight is 346 g/mol. The number of esters is 1. The molecule has 2 rings (SSSR count). The number of carbonyl (C=O) groups is 1. The first-order chi connectivity index (χ1) is 11.5. The third kappa shape index (κ3) is 6.47. The normalized spacial score (nSPS) is 21.8. The first-order valence-corrected chi connectivity index (χ1v) is 9.60. The second-order valence-corrected chi connectivity index (χ2v) is 9.50. The van der Waals surface area contributed by atoms with Crippen LogP contribution in [-0.4, -0.2) is 17.6 Å². The Balaban J connectivity index is 1.86. The molecule has 3 heteroatoms. The molecule has 0 aliphatic heterocycles. The predicted octanol–water partition coefficient (Wildman–Crippen LogP) is 5.34. The van der Waals surface area contributed by atoms with Crippen LogP contribution in [0.4, 0.5) is 0 Å². The minimum atomic E-state index is -0.461. The maximum absolute atomic E-state index is 12.2. The molecule has 140 valence electrons. The average Bonchev–Trinajstić information content (AvgIpc) is 2.51. The maximum atomic E-state index is 12.2. The first kappa shape index (κ1) is 20.0. The van der Waals surface area contributed by atoms with Gasteiger partial charge in [-0.25, -0.2) is 4.79 Å². The highest BCUT2D eigenvalue weighted by Gasteiger charge is 2.29. The van der Waals surface area contributed by atoms with E-state index in [1.54, 1.807) is 0 Å². The van der Waals surface area contributed by atoms with Crippen LogP contribution in [0.2, 0.25) is 0 Å². The highest BCUT2D eigenvalue weighted by molar-refractivity contribution is 5.89. The molecule has 0 bridgehead atoms. The zero-order valence-electron chi connectivity index (χ0n) is 16.8. The number of nitrogens with one attached hydrogen (secondary N) is 1. The van der Waals surface area contributed by atoms with Gasteiger partial charge in [-0.2, -0.15) is 0 Å². The predicted molar refractivity (Wildman–Crippen MR) is 104 cm³/mol. The van der Waals surface area contributed by atoms with Crippen molar-refractivity contribution < 1.29 is 9.53 Å². The van der Waals surface area contributed by atoms with Gasteiger partial charge in [-0.3, -0.25) is 0 Å². The number of carbonyl (C=O) groups excluding carboxylic acids is 1. The molecule has 0 saturated heterocycles. The molecular formula is C22H35NO2. The molecule has 3 nitrogen and oxygen atoms in total. The van der Waals surface area contributed by atoms with Crippen LogP contribution in [0.25, 0.3) is 0 Å². The topological polar surface area (TPSA) is 38.3 Å². The van der Waals surface area contributed by atoms with Gasteiger partial charge in [0, 0.05) is 12.6 Å². The van der Waals surface area contributed by atoms with Gasteiger partial charge in [0.05, 0.1) is 5.56 Å². The van der Waals surface area contributed by atoms with Crippen molar-refractivity contribution in [2.75, 3.05) is 0 Å². The summed E-state index contributed by atoms with van der Waals surface area (Å²) < 4.78 is 5.46. The van der Waals surface area contributed by atoms with Gasteiger partial charge in [-0.1, -0.05) is 32.9 Å². The standard InChI is InChI=1S/C22H35NO2/c1-21(2,3)18-10-12-19(13-11-18)23-15-16-8-7-9-17(14-16)20(24)25-22(4,5)6/h7-9,14,18-19,23H,10-13,15H2,1-6H3. The summed E-state index contributed by atoms with van der Waals surface area (Å²) in [5.41, 5.74) is 1.73. The summed E-state index contributed by atoms with van der Waals surface area (Å²) in [5.74, 6) is 0.584. The number of hydrogen-bond donors (Lipinski definition) is 1. The van der Waals surface area contributed by atoms with Crippen LogP contribution in [0, 0.1) is 11.3 Å². The van der Waals surface area contributed by atoms with Gasteiger partial charge in [0.2, 0.25) is 0 Å². The Morgan fingerprint density at radius 1 is 1.08 bits per heavy atom. The van der Waals surface area contributed by atoms with Crippen molar-refractivity contribution in [2.24, 2.45) is 11.3 Å². The third-order valence-corrected chi connectivity index (χ3v) is 5.11. The van der Waals surface area contributed by atoms with Gasteiger partial charge in [0.15, 0.2) is 0 Å². The van der Waals surface area contributed by atoms with E-state index in [9.17, 15) is 4.79 Å². The summed E-state index contributed by atoms with van der Waals surface area (Å²) in [4.78, 5) is 12.2. The lowest BCUT2D eigenvalue weighted by Crippen LogP contribution is -2.35. The van der Waals surface area contributed by atoms with Gasteiger partial charge in [-0.05, 0) is 75.5 Å². The molecule has 0 unspecified atom stereocenters. The van der Waals surface area contributed by atoms with Crippen LogP contribution in [0.15, 0.2) is 24.3 Å². The van der Waals surface area contributed by atoms with Crippen molar-refractivity contribution in [2.45, 2.75) is 85.4 Å². The van der Waals surface area contributed by atoms with Crippen LogP contribution < -0.4 is 5.32 Å². The van der Waals surface area contributed by atoms with Crippen LogP contribution >= 0.6 is 0 Å². The minimum absolute atomic E-state index is 0.250. The Labute approximate surface area is 153 Å². The summed E-state index contributed by atoms with van der Waals surface area (Å²) in [5, 5.41) is 3.67. The molecule has 0 radical (unpaired) electrons. The number of hydrogen-bond acceptors (Lipinski definition) is 3. The van der Waals surface area contributed by atoms with Crippen molar-refractivity contribution in [1.82, 2.24) is 5.32 Å². The minimum Gasteiger partial charge on any atom is -0.456 e. The molecular weight excluding hydrogens is 310 g/mol. The van der Waals surface area contributed by atoms with Crippen molar-refractivity contribution in [1.29, 1.82) is 0 Å². The van der Waals surface area contributed by atoms with Gasteiger partial charge >= 0.3 is 5.97 Å². The van der Waals surface area contributed by atoms with E-state index < -0.39 is 5.60 Å². The second-order valence-electron chi connectivity index (χ2n) is 9.50. The van der Waals surface area contributed by atoms with E-state index in [0.717, 1.165) is 18.0 Å². The molecule has 25 heavy (non-hydrogen) atoms. The van der Waals surface area contributed by atoms with Crippen molar-refractivity contribution in [3.05, 3.63) is 35.4 Å². The summed E-state index contributed by atoms with van der Waals surface area (Å²) in [6.45, 7) is 13.6. The molecule has 0 amide bonds. The van der Waals surface area contributed by atoms with Crippen molar-refractivity contribution in [3.8, 4) is 0 Å². The summed E-state index contributed by atoms with van der Waals surface area (Å²) in [7, 11) is 0. The highest BCUT2D eigenvalue weighted by Crippen LogP contribution is 2.37. The van der Waals surface area contributed by atoms with E-state index >= 15 is 0 Å². The van der Waals surface area contributed by atoms with E-state index in [1.807, 2.05) is 39.0 Å². The Hall–Kier alpha value is -1.35. The summed E-state index contributed by atoms with van der Waals surface area (Å²) >= 11 is 0. The van der Waals surface area contributed by atoms with E-state index in [2.05, 4.69) is 32.2 Å². The molecule has 1 fully saturated rings. The van der Waals surface area contributed by atoms with E-state index in [1.165, 1.54) is 25.7 Å². The second kappa shape index (κ2) is 7.90. The molecule has 1 aromatic rings. The van der Waals surface area contributed by atoms with Crippen molar-refractivity contribution >= 4 is 5.97 Å². The number of ether oxygens (including phenoxy) is 1. The fourth-order valence-corrected chi connectivity index (χ4v) is 3.57. The number of benzene rings is 1. The summed E-state index contributed by atoms with van der Waals surface area (Å²) in [6, 6.07) is 8.37. The molecule has 0 aromatic heterocycles. The monoisotopic (exact) mass is 345 g/mol. The molecule has 1 aliphatic rings. The number of rotatable bonds is 4. The highest BCUT2D eigenvalue weighted by atomic mass is 16.6. The van der Waals surface area contributed by atoms with Gasteiger partial charge in [-0.15, -0.1) is 0 Å². The zero-order valence-corrected chi connectivity index (χ0v) is 16.8. The molecule has 0 spiro atoms. The molecule has 1 aliphatic carbocycles. The van der Waals surface area contributed by atoms with Gasteiger partial charge in [0.1, 0.15) is 5.60 Å². The van der Waals surface area contributed by atoms with E-state index in [4.69, 9.17) is 4.74 Å². The zero-order chi connectivity index (χ0) is 18.7. The lowest BCUT2D eigenvalue weighted by molar-refractivity contribution is 0.00694. The Morgan fingerprint density at radius 2 is 1.72 bits per heavy atom. The first-order valence-electron chi connectivity index (χ1n) is 9.60. The van der Waals surface area contributed by atoms with E-state index in [-0.39, 0.29) is 5.97 Å². The molecule has 0 atom stereocenters. The van der Waals surface area contributed by atoms with Crippen molar-refractivity contribution in [3.63, 3.8) is 0 Å². The molecule has 1 saturated carbocycles. The smallest absolute Gasteiger partial charge is 0.338 e. The Morgan fingerprint density at radius 3 is 2.28 bits per heavy atom. The lowest BCUT2D eigenvalue weighted by atomic mass is 9.71. The van der Waals surface area contributed by atoms with E-state index in [0.29, 0.717) is 17.0 Å². The fraction of sp³-hybridized carbons (Fsp3) is 0.682. The molecule has 1 aromatic carbocycles. The Bertz CT molecular complexity index is 572. The van der Waals surface area contributed by atoms with Crippen LogP contribution in [0.5, 0.6) is 0 Å². The van der Waals surface area contributed by atoms with Gasteiger partial charge in [0.25, 0.3) is 0 Å². The van der Waals surface area contributed by atoms with Gasteiger partial charge < -0.3 is 10.1 Å². The van der Waals surface area contributed by atoms with Crippen LogP contribution in [-0.2, 0) is 11.3 Å². The quantitative estimate of drug-likeness (QED) is 0.749. The molecule has 0 heterocycles. The fourth-order valence-electron chi connectivity index (χ4n) is 3.57. The Kier molecular flexibility index (Phi) is 6.31. The SMILES string of the molecule is CC(C)(C)OC(=O)c1cccc(CNC2CCC(C(C)(C)C)CC2)c1. The van der Waals surface area contributed by atoms with Crippen LogP contribution in [0.1, 0.15) is 83.1 Å². The lowest BCUT2D eigenvalue weighted by Gasteiger charge is -2.37. The van der Waals surface area contributed by atoms with Crippen LogP contribution in [0.3, 0.4) is 0 Å². The maximum Gasteiger partial charge on any atom is 0.338 e.